The second-order valence-electron chi connectivity index (χ2n) is 6.59. The third-order valence-electron chi connectivity index (χ3n) is 4.83. The van der Waals surface area contributed by atoms with Gasteiger partial charge in [0.15, 0.2) is 0 Å². The zero-order valence-electron chi connectivity index (χ0n) is 13.2. The summed E-state index contributed by atoms with van der Waals surface area (Å²) < 4.78 is 0. The topological polar surface area (TPSA) is 35.6 Å². The Hall–Kier alpha value is -1.39. The van der Waals surface area contributed by atoms with Gasteiger partial charge < -0.3 is 9.80 Å². The van der Waals surface area contributed by atoms with E-state index in [1.807, 2.05) is 0 Å². The van der Waals surface area contributed by atoms with Gasteiger partial charge in [0.2, 0.25) is 5.91 Å². The van der Waals surface area contributed by atoms with Gasteiger partial charge in [0.1, 0.15) is 6.17 Å². The van der Waals surface area contributed by atoms with Gasteiger partial charge in [0.25, 0.3) is 0 Å². The third-order valence-corrected chi connectivity index (χ3v) is 4.83. The first kappa shape index (κ1) is 14.5. The molecule has 0 aliphatic carbocycles. The highest BCUT2D eigenvalue weighted by Gasteiger charge is 2.40. The molecule has 4 heteroatoms. The number of carbonyl (C=O) groups excluding carboxylic acids is 1. The van der Waals surface area contributed by atoms with Gasteiger partial charge in [0.05, 0.1) is 6.54 Å². The summed E-state index contributed by atoms with van der Waals surface area (Å²) >= 11 is 0. The highest BCUT2D eigenvalue weighted by Crippen LogP contribution is 2.31. The molecule has 0 saturated carbocycles. The molecule has 114 valence electrons. The maximum atomic E-state index is 12.4. The van der Waals surface area contributed by atoms with Crippen LogP contribution in [0.4, 0.5) is 0 Å². The van der Waals surface area contributed by atoms with E-state index in [0.717, 1.165) is 19.5 Å². The van der Waals surface area contributed by atoms with E-state index in [1.54, 1.807) is 0 Å². The molecular weight excluding hydrogens is 262 g/mol. The van der Waals surface area contributed by atoms with E-state index in [1.165, 1.54) is 11.1 Å². The minimum atomic E-state index is 0.0361. The van der Waals surface area contributed by atoms with Crippen LogP contribution >= 0.6 is 0 Å². The normalized spacial score (nSPS) is 30.9. The number of amides is 1. The summed E-state index contributed by atoms with van der Waals surface area (Å²) in [5.41, 5.74) is 2.44. The number of benzene rings is 1. The minimum Gasteiger partial charge on any atom is -0.318 e. The zero-order chi connectivity index (χ0) is 15.0. The second kappa shape index (κ2) is 5.78. The number of aryl methyl sites for hydroxylation is 1. The van der Waals surface area contributed by atoms with Gasteiger partial charge >= 0.3 is 0 Å². The lowest BCUT2D eigenvalue weighted by atomic mass is 9.92. The average molecular weight is 287 g/mol. The first-order chi connectivity index (χ1) is 10.1. The number of nitrogens with zero attached hydrogens (tertiary/aromatic N) is 2. The summed E-state index contributed by atoms with van der Waals surface area (Å²) in [6.45, 7) is 6.94. The van der Waals surface area contributed by atoms with Gasteiger partial charge in [-0.2, -0.15) is 0 Å². The fourth-order valence-corrected chi connectivity index (χ4v) is 3.68. The van der Waals surface area contributed by atoms with Gasteiger partial charge in [0, 0.05) is 12.6 Å². The van der Waals surface area contributed by atoms with E-state index in [-0.39, 0.29) is 12.1 Å². The summed E-state index contributed by atoms with van der Waals surface area (Å²) in [4.78, 5) is 16.9. The molecule has 0 spiro atoms. The van der Waals surface area contributed by atoms with E-state index in [9.17, 15) is 4.79 Å². The number of hydrogen-bond acceptors (Lipinski definition) is 3. The third kappa shape index (κ3) is 2.83. The first-order valence-corrected chi connectivity index (χ1v) is 7.86. The van der Waals surface area contributed by atoms with Crippen molar-refractivity contribution in [1.82, 2.24) is 15.1 Å². The Labute approximate surface area is 127 Å². The molecule has 21 heavy (non-hydrogen) atoms. The number of hydrogen-bond donors (Lipinski definition) is 1. The Kier molecular flexibility index (Phi) is 4.00. The number of likely N-dealkylation sites (tertiary alicyclic amines) is 1. The van der Waals surface area contributed by atoms with Crippen LogP contribution in [0.5, 0.6) is 0 Å². The van der Waals surface area contributed by atoms with Crippen molar-refractivity contribution in [3.05, 3.63) is 35.4 Å². The summed E-state index contributed by atoms with van der Waals surface area (Å²) in [5.74, 6) is 0.752. The van der Waals surface area contributed by atoms with E-state index < -0.39 is 0 Å². The van der Waals surface area contributed by atoms with Crippen LogP contribution in [0, 0.1) is 12.8 Å². The molecule has 2 saturated heterocycles. The average Bonchev–Trinajstić information content (AvgIpc) is 2.82. The van der Waals surface area contributed by atoms with Gasteiger partial charge in [-0.25, -0.2) is 0 Å². The molecule has 1 aromatic rings. The van der Waals surface area contributed by atoms with Gasteiger partial charge in [-0.15, -0.1) is 0 Å². The van der Waals surface area contributed by atoms with Crippen molar-refractivity contribution in [3.8, 4) is 0 Å². The predicted octanol–water partition coefficient (Wildman–Crippen LogP) is 1.77. The summed E-state index contributed by atoms with van der Waals surface area (Å²) in [6, 6.07) is 8.86. The zero-order valence-corrected chi connectivity index (χ0v) is 13.2. The van der Waals surface area contributed by atoms with Crippen LogP contribution in [0.2, 0.25) is 0 Å². The van der Waals surface area contributed by atoms with Crippen LogP contribution in [0.15, 0.2) is 24.3 Å². The second-order valence-corrected chi connectivity index (χ2v) is 6.59. The molecule has 2 aliphatic heterocycles. The maximum Gasteiger partial charge on any atom is 0.238 e. The van der Waals surface area contributed by atoms with Crippen LogP contribution < -0.4 is 5.32 Å². The SMILES string of the molecule is Cc1ccc(C2NCC(=O)N2C2CCN(C)CC2C)cc1. The molecule has 2 heterocycles. The van der Waals surface area contributed by atoms with Crippen molar-refractivity contribution >= 4 is 5.91 Å². The van der Waals surface area contributed by atoms with Gasteiger partial charge in [-0.05, 0) is 38.4 Å². The van der Waals surface area contributed by atoms with Crippen LogP contribution in [-0.4, -0.2) is 48.4 Å². The van der Waals surface area contributed by atoms with Crippen molar-refractivity contribution in [3.63, 3.8) is 0 Å². The quantitative estimate of drug-likeness (QED) is 0.900. The van der Waals surface area contributed by atoms with Gasteiger partial charge in [-0.3, -0.25) is 10.1 Å². The fraction of sp³-hybridized carbons (Fsp3) is 0.588. The first-order valence-electron chi connectivity index (χ1n) is 7.86. The highest BCUT2D eigenvalue weighted by atomic mass is 16.2. The molecular formula is C17H25N3O. The molecule has 0 aromatic heterocycles. The molecule has 2 fully saturated rings. The number of carbonyl (C=O) groups is 1. The Morgan fingerprint density at radius 1 is 1.24 bits per heavy atom. The fourth-order valence-electron chi connectivity index (χ4n) is 3.68. The molecule has 3 unspecified atom stereocenters. The van der Waals surface area contributed by atoms with E-state index in [2.05, 4.69) is 60.3 Å². The van der Waals surface area contributed by atoms with Crippen molar-refractivity contribution in [2.75, 3.05) is 26.7 Å². The Morgan fingerprint density at radius 3 is 2.62 bits per heavy atom. The molecule has 3 rings (SSSR count). The molecule has 1 N–H and O–H groups in total. The Morgan fingerprint density at radius 2 is 1.95 bits per heavy atom. The van der Waals surface area contributed by atoms with E-state index in [4.69, 9.17) is 0 Å². The molecule has 0 radical (unpaired) electrons. The van der Waals surface area contributed by atoms with Crippen LogP contribution in [0.3, 0.4) is 0 Å². The van der Waals surface area contributed by atoms with Crippen molar-refractivity contribution < 1.29 is 4.79 Å². The van der Waals surface area contributed by atoms with Crippen molar-refractivity contribution in [2.45, 2.75) is 32.5 Å². The molecule has 1 aromatic carbocycles. The number of rotatable bonds is 2. The van der Waals surface area contributed by atoms with Crippen molar-refractivity contribution in [1.29, 1.82) is 0 Å². The number of piperidine rings is 1. The maximum absolute atomic E-state index is 12.4. The molecule has 1 amide bonds. The van der Waals surface area contributed by atoms with E-state index in [0.29, 0.717) is 18.5 Å². The monoisotopic (exact) mass is 287 g/mol. The van der Waals surface area contributed by atoms with Crippen molar-refractivity contribution in [2.24, 2.45) is 5.92 Å². The smallest absolute Gasteiger partial charge is 0.238 e. The van der Waals surface area contributed by atoms with Crippen LogP contribution in [-0.2, 0) is 4.79 Å². The predicted molar refractivity (Wildman–Crippen MR) is 83.8 cm³/mol. The lowest BCUT2D eigenvalue weighted by molar-refractivity contribution is -0.132. The minimum absolute atomic E-state index is 0.0361. The lowest BCUT2D eigenvalue weighted by Crippen LogP contribution is -2.50. The van der Waals surface area contributed by atoms with Gasteiger partial charge in [-0.1, -0.05) is 36.8 Å². The molecule has 4 nitrogen and oxygen atoms in total. The number of nitrogens with one attached hydrogen (secondary N) is 1. The Balaban J connectivity index is 1.84. The molecule has 0 bridgehead atoms. The Bertz CT molecular complexity index is 513. The van der Waals surface area contributed by atoms with E-state index >= 15 is 0 Å². The van der Waals surface area contributed by atoms with Crippen LogP contribution in [0.1, 0.15) is 30.6 Å². The lowest BCUT2D eigenvalue weighted by Gasteiger charge is -2.42. The summed E-state index contributed by atoms with van der Waals surface area (Å²) in [5, 5.41) is 3.38. The summed E-state index contributed by atoms with van der Waals surface area (Å²) in [7, 11) is 2.16. The standard InChI is InChI=1S/C17H25N3O/c1-12-4-6-14(7-5-12)17-18-10-16(21)20(17)15-8-9-19(3)11-13(15)2/h4-7,13,15,17-18H,8-11H2,1-3H3. The summed E-state index contributed by atoms with van der Waals surface area (Å²) in [6.07, 6.45) is 1.10. The molecule has 3 atom stereocenters. The van der Waals surface area contributed by atoms with Crippen LogP contribution in [0.25, 0.3) is 0 Å². The molecule has 2 aliphatic rings. The largest absolute Gasteiger partial charge is 0.318 e. The highest BCUT2D eigenvalue weighted by molar-refractivity contribution is 5.81.